The smallest absolute Gasteiger partial charge is 0.322 e. The van der Waals surface area contributed by atoms with E-state index in [2.05, 4.69) is 16.1 Å². The highest BCUT2D eigenvalue weighted by Crippen LogP contribution is 2.24. The van der Waals surface area contributed by atoms with Crippen LogP contribution in [0.25, 0.3) is 0 Å². The second kappa shape index (κ2) is 7.36. The minimum atomic E-state index is -0.119. The first-order chi connectivity index (χ1) is 11.3. The summed E-state index contributed by atoms with van der Waals surface area (Å²) >= 11 is 0. The summed E-state index contributed by atoms with van der Waals surface area (Å²) in [6, 6.07) is 7.47. The standard InChI is InChI=1S/C17H21N3O3/c1-2-10-23-16-6-4-3-5-15(16)18-17(21)20-8-7-19-9-11-22-13-14(19)12-20/h1,3-6,14H,7-13H2,(H,18,21)/t14-/m0/s1. The van der Waals surface area contributed by atoms with Crippen molar-refractivity contribution < 1.29 is 14.3 Å². The van der Waals surface area contributed by atoms with Crippen LogP contribution in [0.2, 0.25) is 0 Å². The second-order valence-electron chi connectivity index (χ2n) is 5.63. The van der Waals surface area contributed by atoms with Crippen molar-refractivity contribution in [3.05, 3.63) is 24.3 Å². The summed E-state index contributed by atoms with van der Waals surface area (Å²) in [5, 5.41) is 2.92. The highest BCUT2D eigenvalue weighted by molar-refractivity contribution is 5.91. The van der Waals surface area contributed by atoms with Crippen molar-refractivity contribution >= 4 is 11.7 Å². The summed E-state index contributed by atoms with van der Waals surface area (Å²) in [5.41, 5.74) is 0.634. The number of hydrogen-bond donors (Lipinski definition) is 1. The second-order valence-corrected chi connectivity index (χ2v) is 5.63. The summed E-state index contributed by atoms with van der Waals surface area (Å²) < 4.78 is 11.0. The van der Waals surface area contributed by atoms with Gasteiger partial charge >= 0.3 is 6.03 Å². The fourth-order valence-electron chi connectivity index (χ4n) is 2.94. The van der Waals surface area contributed by atoms with E-state index in [1.807, 2.05) is 23.1 Å². The largest absolute Gasteiger partial charge is 0.479 e. The molecule has 0 saturated carbocycles. The number of rotatable bonds is 3. The van der Waals surface area contributed by atoms with Crippen molar-refractivity contribution in [1.29, 1.82) is 0 Å². The number of nitrogens with one attached hydrogen (secondary N) is 1. The SMILES string of the molecule is C#CCOc1ccccc1NC(=O)N1CCN2CCOC[C@@H]2C1. The maximum Gasteiger partial charge on any atom is 0.322 e. The van der Waals surface area contributed by atoms with Crippen LogP contribution in [0.4, 0.5) is 10.5 Å². The molecule has 1 aromatic carbocycles. The van der Waals surface area contributed by atoms with Gasteiger partial charge in [-0.15, -0.1) is 6.42 Å². The highest BCUT2D eigenvalue weighted by Gasteiger charge is 2.31. The van der Waals surface area contributed by atoms with E-state index in [9.17, 15) is 4.79 Å². The molecular weight excluding hydrogens is 294 g/mol. The Morgan fingerprint density at radius 1 is 1.39 bits per heavy atom. The Labute approximate surface area is 136 Å². The highest BCUT2D eigenvalue weighted by atomic mass is 16.5. The number of hydrogen-bond acceptors (Lipinski definition) is 4. The molecule has 122 valence electrons. The molecule has 0 bridgehead atoms. The zero-order valence-electron chi connectivity index (χ0n) is 13.0. The van der Waals surface area contributed by atoms with Gasteiger partial charge < -0.3 is 19.7 Å². The molecule has 1 aromatic rings. The number of morpholine rings is 1. The van der Waals surface area contributed by atoms with Crippen LogP contribution >= 0.6 is 0 Å². The van der Waals surface area contributed by atoms with Gasteiger partial charge in [0.25, 0.3) is 0 Å². The topological polar surface area (TPSA) is 54.0 Å². The van der Waals surface area contributed by atoms with Gasteiger partial charge in [-0.2, -0.15) is 0 Å². The lowest BCUT2D eigenvalue weighted by molar-refractivity contribution is -0.0355. The number of nitrogens with zero attached hydrogens (tertiary/aromatic N) is 2. The molecule has 0 radical (unpaired) electrons. The van der Waals surface area contributed by atoms with Crippen LogP contribution < -0.4 is 10.1 Å². The molecule has 0 spiro atoms. The fraction of sp³-hybridized carbons (Fsp3) is 0.471. The van der Waals surface area contributed by atoms with E-state index in [0.717, 1.165) is 26.2 Å². The number of amides is 2. The summed E-state index contributed by atoms with van der Waals surface area (Å²) in [7, 11) is 0. The van der Waals surface area contributed by atoms with Crippen LogP contribution in [-0.2, 0) is 4.74 Å². The van der Waals surface area contributed by atoms with Gasteiger partial charge in [0.1, 0.15) is 12.4 Å². The van der Waals surface area contributed by atoms with E-state index >= 15 is 0 Å². The molecule has 0 aliphatic carbocycles. The summed E-state index contributed by atoms with van der Waals surface area (Å²) in [5.74, 6) is 3.01. The Morgan fingerprint density at radius 3 is 3.13 bits per heavy atom. The Morgan fingerprint density at radius 2 is 2.26 bits per heavy atom. The number of ether oxygens (including phenoxy) is 2. The van der Waals surface area contributed by atoms with Crippen LogP contribution in [-0.4, -0.2) is 67.9 Å². The third-order valence-electron chi connectivity index (χ3n) is 4.16. The van der Waals surface area contributed by atoms with Gasteiger partial charge in [-0.3, -0.25) is 4.90 Å². The van der Waals surface area contributed by atoms with E-state index in [0.29, 0.717) is 24.6 Å². The molecule has 0 unspecified atom stereocenters. The van der Waals surface area contributed by atoms with Gasteiger partial charge in [0.15, 0.2) is 0 Å². The van der Waals surface area contributed by atoms with Gasteiger partial charge in [-0.1, -0.05) is 18.1 Å². The minimum absolute atomic E-state index is 0.119. The molecule has 1 N–H and O–H groups in total. The van der Waals surface area contributed by atoms with Crippen molar-refractivity contribution in [3.63, 3.8) is 0 Å². The molecule has 2 heterocycles. The number of terminal acetylenes is 1. The van der Waals surface area contributed by atoms with E-state index in [1.165, 1.54) is 0 Å². The average molecular weight is 315 g/mol. The molecule has 2 aliphatic heterocycles. The Balaban J connectivity index is 1.62. The molecule has 1 atom stereocenters. The van der Waals surface area contributed by atoms with Crippen LogP contribution in [0.5, 0.6) is 5.75 Å². The number of piperazine rings is 1. The molecule has 0 aromatic heterocycles. The first-order valence-corrected chi connectivity index (χ1v) is 7.81. The number of urea groups is 1. The van der Waals surface area contributed by atoms with E-state index in [4.69, 9.17) is 15.9 Å². The van der Waals surface area contributed by atoms with E-state index in [1.54, 1.807) is 6.07 Å². The number of carbonyl (C=O) groups excluding carboxylic acids is 1. The molecule has 2 fully saturated rings. The van der Waals surface area contributed by atoms with Crippen LogP contribution in [0.1, 0.15) is 0 Å². The quantitative estimate of drug-likeness (QED) is 0.853. The molecule has 2 aliphatic rings. The molecule has 2 saturated heterocycles. The number of anilines is 1. The lowest BCUT2D eigenvalue weighted by atomic mass is 10.1. The Hall–Kier alpha value is -2.23. The molecule has 6 nitrogen and oxygen atoms in total. The van der Waals surface area contributed by atoms with Gasteiger partial charge in [0.2, 0.25) is 0 Å². The van der Waals surface area contributed by atoms with Gasteiger partial charge in [-0.05, 0) is 12.1 Å². The first kappa shape index (κ1) is 15.7. The predicted octanol–water partition coefficient (Wildman–Crippen LogP) is 1.25. The third-order valence-corrected chi connectivity index (χ3v) is 4.16. The minimum Gasteiger partial charge on any atom is -0.479 e. The summed E-state index contributed by atoms with van der Waals surface area (Å²) in [6.45, 7) is 4.87. The van der Waals surface area contributed by atoms with Crippen LogP contribution in [0.3, 0.4) is 0 Å². The number of benzene rings is 1. The van der Waals surface area contributed by atoms with E-state index < -0.39 is 0 Å². The van der Waals surface area contributed by atoms with Crippen molar-refractivity contribution in [2.45, 2.75) is 6.04 Å². The molecular formula is C17H21N3O3. The normalized spacial score (nSPS) is 21.2. The number of carbonyl (C=O) groups is 1. The van der Waals surface area contributed by atoms with Crippen molar-refractivity contribution in [3.8, 4) is 18.1 Å². The zero-order valence-corrected chi connectivity index (χ0v) is 13.0. The van der Waals surface area contributed by atoms with Crippen molar-refractivity contribution in [2.24, 2.45) is 0 Å². The molecule has 23 heavy (non-hydrogen) atoms. The van der Waals surface area contributed by atoms with Crippen LogP contribution in [0, 0.1) is 12.3 Å². The Kier molecular flexibility index (Phi) is 5.01. The summed E-state index contributed by atoms with van der Waals surface area (Å²) in [4.78, 5) is 16.7. The van der Waals surface area contributed by atoms with Crippen molar-refractivity contribution in [2.75, 3.05) is 51.3 Å². The first-order valence-electron chi connectivity index (χ1n) is 7.81. The van der Waals surface area contributed by atoms with Gasteiger partial charge in [0.05, 0.1) is 24.9 Å². The fourth-order valence-corrected chi connectivity index (χ4v) is 2.94. The van der Waals surface area contributed by atoms with Crippen molar-refractivity contribution in [1.82, 2.24) is 9.80 Å². The van der Waals surface area contributed by atoms with Gasteiger partial charge in [0, 0.05) is 26.2 Å². The predicted molar refractivity (Wildman–Crippen MR) is 87.5 cm³/mol. The zero-order chi connectivity index (χ0) is 16.1. The number of para-hydroxylation sites is 2. The van der Waals surface area contributed by atoms with E-state index in [-0.39, 0.29) is 18.7 Å². The molecule has 2 amide bonds. The summed E-state index contributed by atoms with van der Waals surface area (Å²) in [6.07, 6.45) is 5.22. The number of fused-ring (bicyclic) bond motifs is 1. The lowest BCUT2D eigenvalue weighted by Crippen LogP contribution is -2.59. The maximum absolute atomic E-state index is 12.5. The molecule has 6 heteroatoms. The maximum atomic E-state index is 12.5. The van der Waals surface area contributed by atoms with Crippen LogP contribution in [0.15, 0.2) is 24.3 Å². The lowest BCUT2D eigenvalue weighted by Gasteiger charge is -2.43. The van der Waals surface area contributed by atoms with Gasteiger partial charge in [-0.25, -0.2) is 4.79 Å². The third kappa shape index (κ3) is 3.76. The monoisotopic (exact) mass is 315 g/mol. The average Bonchev–Trinajstić information content (AvgIpc) is 2.60. The Bertz CT molecular complexity index is 599. The molecule has 3 rings (SSSR count).